The van der Waals surface area contributed by atoms with E-state index < -0.39 is 0 Å². The molecule has 1 aromatic carbocycles. The Kier molecular flexibility index (Phi) is 3.97. The van der Waals surface area contributed by atoms with Crippen molar-refractivity contribution in [2.45, 2.75) is 38.3 Å². The molecule has 2 aromatic rings. The van der Waals surface area contributed by atoms with E-state index in [1.54, 1.807) is 6.20 Å². The van der Waals surface area contributed by atoms with Crippen molar-refractivity contribution in [3.05, 3.63) is 36.0 Å². The second kappa shape index (κ2) is 5.90. The van der Waals surface area contributed by atoms with E-state index in [0.29, 0.717) is 24.3 Å². The molecule has 0 spiro atoms. The second-order valence-corrected chi connectivity index (χ2v) is 5.95. The van der Waals surface area contributed by atoms with Crippen molar-refractivity contribution in [2.75, 3.05) is 13.7 Å². The topological polar surface area (TPSA) is 45.3 Å². The summed E-state index contributed by atoms with van der Waals surface area (Å²) in [6, 6.07) is 8.69. The van der Waals surface area contributed by atoms with Crippen LogP contribution >= 0.6 is 0 Å². The average molecular weight is 286 g/mol. The maximum absolute atomic E-state index is 12.3. The molecule has 4 heteroatoms. The van der Waals surface area contributed by atoms with Crippen molar-refractivity contribution in [3.63, 3.8) is 0 Å². The van der Waals surface area contributed by atoms with Gasteiger partial charge in [-0.3, -0.25) is 4.90 Å². The lowest BCUT2D eigenvalue weighted by molar-refractivity contribution is 0.0245. The van der Waals surface area contributed by atoms with Gasteiger partial charge in [0.05, 0.1) is 5.56 Å². The van der Waals surface area contributed by atoms with E-state index in [9.17, 15) is 4.79 Å². The van der Waals surface area contributed by atoms with Crippen LogP contribution in [0.4, 0.5) is 0 Å². The standard InChI is InChI=1S/C17H22N2O2/c1-12-6-5-7-13(19(12)2)11-21-17(20)15-10-18-16-9-4-3-8-14(15)16/h3-4,8-10,12-13,18H,5-7,11H2,1-2H3. The number of likely N-dealkylation sites (tertiary alicyclic amines) is 1. The summed E-state index contributed by atoms with van der Waals surface area (Å²) in [7, 11) is 2.12. The van der Waals surface area contributed by atoms with Crippen LogP contribution in [0, 0.1) is 0 Å². The Morgan fingerprint density at radius 2 is 2.19 bits per heavy atom. The molecule has 1 N–H and O–H groups in total. The average Bonchev–Trinajstić information content (AvgIpc) is 2.92. The number of hydrogen-bond donors (Lipinski definition) is 1. The summed E-state index contributed by atoms with van der Waals surface area (Å²) in [6.07, 6.45) is 5.27. The summed E-state index contributed by atoms with van der Waals surface area (Å²) in [6.45, 7) is 2.70. The highest BCUT2D eigenvalue weighted by molar-refractivity contribution is 6.03. The van der Waals surface area contributed by atoms with Crippen molar-refractivity contribution in [3.8, 4) is 0 Å². The lowest BCUT2D eigenvalue weighted by Gasteiger charge is -2.37. The third-order valence-electron chi connectivity index (χ3n) is 4.65. The molecule has 2 unspecified atom stereocenters. The van der Waals surface area contributed by atoms with Gasteiger partial charge in [0.25, 0.3) is 0 Å². The predicted molar refractivity (Wildman–Crippen MR) is 83.4 cm³/mol. The van der Waals surface area contributed by atoms with Gasteiger partial charge >= 0.3 is 5.97 Å². The summed E-state index contributed by atoms with van der Waals surface area (Å²) < 4.78 is 5.55. The first-order valence-electron chi connectivity index (χ1n) is 7.62. The maximum atomic E-state index is 12.3. The highest BCUT2D eigenvalue weighted by Crippen LogP contribution is 2.22. The molecule has 21 heavy (non-hydrogen) atoms. The van der Waals surface area contributed by atoms with Crippen LogP contribution in [0.2, 0.25) is 0 Å². The van der Waals surface area contributed by atoms with E-state index in [4.69, 9.17) is 4.74 Å². The number of H-pyrrole nitrogens is 1. The minimum atomic E-state index is -0.237. The Labute approximate surface area is 125 Å². The Balaban J connectivity index is 1.66. The number of carbonyl (C=O) groups excluding carboxylic acids is 1. The third kappa shape index (κ3) is 2.81. The van der Waals surface area contributed by atoms with Crippen LogP contribution in [0.1, 0.15) is 36.5 Å². The summed E-state index contributed by atoms with van der Waals surface area (Å²) in [5.41, 5.74) is 1.59. The normalized spacial score (nSPS) is 23.3. The number of hydrogen-bond acceptors (Lipinski definition) is 3. The van der Waals surface area contributed by atoms with Crippen LogP contribution in [0.25, 0.3) is 10.9 Å². The Bertz CT molecular complexity index is 635. The first-order chi connectivity index (χ1) is 10.2. The first kappa shape index (κ1) is 14.1. The highest BCUT2D eigenvalue weighted by atomic mass is 16.5. The fourth-order valence-electron chi connectivity index (χ4n) is 3.11. The van der Waals surface area contributed by atoms with Gasteiger partial charge in [0.2, 0.25) is 0 Å². The molecule has 1 aromatic heterocycles. The minimum Gasteiger partial charge on any atom is -0.460 e. The van der Waals surface area contributed by atoms with Gasteiger partial charge in [-0.1, -0.05) is 24.6 Å². The molecule has 3 rings (SSSR count). The molecule has 1 saturated heterocycles. The van der Waals surface area contributed by atoms with Crippen molar-refractivity contribution in [2.24, 2.45) is 0 Å². The molecule has 0 saturated carbocycles. The van der Waals surface area contributed by atoms with Crippen molar-refractivity contribution < 1.29 is 9.53 Å². The lowest BCUT2D eigenvalue weighted by Crippen LogP contribution is -2.45. The molecule has 2 atom stereocenters. The van der Waals surface area contributed by atoms with Gasteiger partial charge in [0.1, 0.15) is 6.61 Å². The molecule has 1 aliphatic heterocycles. The van der Waals surface area contributed by atoms with Crippen LogP contribution < -0.4 is 0 Å². The molecule has 4 nitrogen and oxygen atoms in total. The number of rotatable bonds is 3. The number of nitrogens with zero attached hydrogens (tertiary/aromatic N) is 1. The van der Waals surface area contributed by atoms with Gasteiger partial charge in [0.15, 0.2) is 0 Å². The smallest absolute Gasteiger partial charge is 0.340 e. The number of fused-ring (bicyclic) bond motifs is 1. The van der Waals surface area contributed by atoms with E-state index in [-0.39, 0.29) is 5.97 Å². The largest absolute Gasteiger partial charge is 0.460 e. The van der Waals surface area contributed by atoms with E-state index in [1.165, 1.54) is 12.8 Å². The zero-order chi connectivity index (χ0) is 14.8. The number of ether oxygens (including phenoxy) is 1. The van der Waals surface area contributed by atoms with Crippen LogP contribution in [-0.4, -0.2) is 41.6 Å². The van der Waals surface area contributed by atoms with Gasteiger partial charge in [-0.25, -0.2) is 4.79 Å². The van der Waals surface area contributed by atoms with E-state index in [0.717, 1.165) is 17.3 Å². The predicted octanol–water partition coefficient (Wildman–Crippen LogP) is 3.20. The molecule has 0 amide bonds. The number of benzene rings is 1. The van der Waals surface area contributed by atoms with Crippen LogP contribution in [0.3, 0.4) is 0 Å². The molecular formula is C17H22N2O2. The number of nitrogens with one attached hydrogen (secondary N) is 1. The Hall–Kier alpha value is -1.81. The minimum absolute atomic E-state index is 0.237. The number of carbonyl (C=O) groups is 1. The van der Waals surface area contributed by atoms with Crippen molar-refractivity contribution in [1.29, 1.82) is 0 Å². The lowest BCUT2D eigenvalue weighted by atomic mass is 9.98. The molecule has 0 bridgehead atoms. The Morgan fingerprint density at radius 1 is 1.38 bits per heavy atom. The van der Waals surface area contributed by atoms with Crippen LogP contribution in [0.5, 0.6) is 0 Å². The van der Waals surface area contributed by atoms with Crippen LogP contribution in [-0.2, 0) is 4.74 Å². The molecule has 0 radical (unpaired) electrons. The molecule has 1 aliphatic rings. The van der Waals surface area contributed by atoms with Crippen molar-refractivity contribution in [1.82, 2.24) is 9.88 Å². The monoisotopic (exact) mass is 286 g/mol. The fourth-order valence-corrected chi connectivity index (χ4v) is 3.11. The van der Waals surface area contributed by atoms with Gasteiger partial charge in [-0.05, 0) is 32.9 Å². The quantitative estimate of drug-likeness (QED) is 0.881. The number of para-hydroxylation sites is 1. The van der Waals surface area contributed by atoms with Gasteiger partial charge in [0, 0.05) is 29.2 Å². The van der Waals surface area contributed by atoms with Gasteiger partial charge in [-0.2, -0.15) is 0 Å². The summed E-state index contributed by atoms with van der Waals surface area (Å²) in [5, 5.41) is 0.924. The number of aromatic nitrogens is 1. The second-order valence-electron chi connectivity index (χ2n) is 5.95. The van der Waals surface area contributed by atoms with Gasteiger partial charge in [-0.15, -0.1) is 0 Å². The molecule has 2 heterocycles. The number of esters is 1. The number of aromatic amines is 1. The number of likely N-dealkylation sites (N-methyl/N-ethyl adjacent to an activating group) is 1. The molecule has 1 fully saturated rings. The number of piperidine rings is 1. The SMILES string of the molecule is CC1CCCC(COC(=O)c2c[nH]c3ccccc23)N1C. The van der Waals surface area contributed by atoms with E-state index in [1.807, 2.05) is 24.3 Å². The van der Waals surface area contributed by atoms with Crippen molar-refractivity contribution >= 4 is 16.9 Å². The zero-order valence-corrected chi connectivity index (χ0v) is 12.6. The fraction of sp³-hybridized carbons (Fsp3) is 0.471. The van der Waals surface area contributed by atoms with Gasteiger partial charge < -0.3 is 9.72 Å². The highest BCUT2D eigenvalue weighted by Gasteiger charge is 2.26. The first-order valence-corrected chi connectivity index (χ1v) is 7.62. The summed E-state index contributed by atoms with van der Waals surface area (Å²) >= 11 is 0. The van der Waals surface area contributed by atoms with Crippen LogP contribution in [0.15, 0.2) is 30.5 Å². The maximum Gasteiger partial charge on any atom is 0.340 e. The summed E-state index contributed by atoms with van der Waals surface area (Å²) in [4.78, 5) is 17.7. The van der Waals surface area contributed by atoms with E-state index in [2.05, 4.69) is 23.9 Å². The molecule has 112 valence electrons. The molecular weight excluding hydrogens is 264 g/mol. The zero-order valence-electron chi connectivity index (χ0n) is 12.6. The Morgan fingerprint density at radius 3 is 3.05 bits per heavy atom. The summed E-state index contributed by atoms with van der Waals surface area (Å²) in [5.74, 6) is -0.237. The molecule has 0 aliphatic carbocycles. The third-order valence-corrected chi connectivity index (χ3v) is 4.65. The van der Waals surface area contributed by atoms with E-state index >= 15 is 0 Å².